The zero-order chi connectivity index (χ0) is 56.4. The molecule has 13 rings (SSSR count). The molecule has 2 fully saturated rings. The van der Waals surface area contributed by atoms with Crippen molar-refractivity contribution in [2.45, 2.75) is 155 Å². The number of fused-ring (bicyclic) bond motifs is 8. The Hall–Kier alpha value is -6.73. The van der Waals surface area contributed by atoms with Crippen molar-refractivity contribution in [2.24, 2.45) is 0 Å². The number of unbranched alkanes of at least 4 members (excludes halogenated alkanes) is 2. The van der Waals surface area contributed by atoms with Crippen molar-refractivity contribution in [1.82, 2.24) is 0 Å². The molecule has 5 nitrogen and oxygen atoms in total. The Labute approximate surface area is 482 Å². The molecule has 408 valence electrons. The number of hydrogen-bond donors (Lipinski definition) is 0. The van der Waals surface area contributed by atoms with Gasteiger partial charge in [-0.3, -0.25) is 0 Å². The molecule has 0 spiro atoms. The predicted molar refractivity (Wildman–Crippen MR) is 341 cm³/mol. The number of benzene rings is 9. The summed E-state index contributed by atoms with van der Waals surface area (Å²) in [4.78, 5) is 2.36. The maximum atomic E-state index is 6.51. The zero-order valence-electron chi connectivity index (χ0n) is 49.7. The molecule has 7 heteroatoms. The summed E-state index contributed by atoms with van der Waals surface area (Å²) in [6.45, 7) is 26.3. The van der Waals surface area contributed by atoms with Gasteiger partial charge in [-0.15, -0.1) is 0 Å². The van der Waals surface area contributed by atoms with Crippen molar-refractivity contribution in [3.05, 3.63) is 198 Å². The molecule has 2 aliphatic heterocycles. The molecular weight excluding hydrogens is 988 g/mol. The van der Waals surface area contributed by atoms with Crippen molar-refractivity contribution >= 4 is 63.8 Å². The van der Waals surface area contributed by atoms with Gasteiger partial charge in [0.05, 0.1) is 22.4 Å². The van der Waals surface area contributed by atoms with Crippen LogP contribution < -0.4 is 15.8 Å². The molecule has 9 aromatic carbocycles. The monoisotopic (exact) mass is 1070 g/mol. The minimum atomic E-state index is -0.454. The predicted octanol–water partition coefficient (Wildman–Crippen LogP) is 18.3. The first kappa shape index (κ1) is 53.6. The van der Waals surface area contributed by atoms with Crippen LogP contribution in [-0.2, 0) is 29.4 Å². The van der Waals surface area contributed by atoms with E-state index in [1.165, 1.54) is 127 Å². The third kappa shape index (κ3) is 8.50. The molecule has 0 aromatic heterocycles. The van der Waals surface area contributed by atoms with Crippen LogP contribution in [0.15, 0.2) is 176 Å². The van der Waals surface area contributed by atoms with Crippen LogP contribution in [0.4, 0.5) is 17.1 Å². The number of nitrogens with zero attached hydrogens (tertiary/aromatic N) is 1. The van der Waals surface area contributed by atoms with Gasteiger partial charge in [-0.1, -0.05) is 181 Å². The molecule has 0 N–H and O–H groups in total. The van der Waals surface area contributed by atoms with Crippen LogP contribution in [0.25, 0.3) is 66.1 Å². The Bertz CT molecular complexity index is 3750. The normalized spacial score (nSPS) is 18.3. The second-order valence-corrected chi connectivity index (χ2v) is 26.2. The van der Waals surface area contributed by atoms with Crippen LogP contribution in [0.2, 0.25) is 0 Å². The second kappa shape index (κ2) is 19.4. The number of rotatable bonds is 13. The highest BCUT2D eigenvalue weighted by Crippen LogP contribution is 2.57. The Morgan fingerprint density at radius 1 is 0.358 bits per heavy atom. The van der Waals surface area contributed by atoms with E-state index in [9.17, 15) is 0 Å². The van der Waals surface area contributed by atoms with Crippen LogP contribution in [0.1, 0.15) is 144 Å². The average Bonchev–Trinajstić information content (AvgIpc) is 4.11. The summed E-state index contributed by atoms with van der Waals surface area (Å²) in [6, 6.07) is 66.8. The van der Waals surface area contributed by atoms with Gasteiger partial charge in [0.2, 0.25) is 0 Å². The fourth-order valence-corrected chi connectivity index (χ4v) is 14.0. The van der Waals surface area contributed by atoms with Crippen LogP contribution >= 0.6 is 0 Å². The van der Waals surface area contributed by atoms with Gasteiger partial charge in [-0.2, -0.15) is 0 Å². The molecule has 0 amide bonds. The molecule has 81 heavy (non-hydrogen) atoms. The summed E-state index contributed by atoms with van der Waals surface area (Å²) in [7, 11) is -0.908. The summed E-state index contributed by atoms with van der Waals surface area (Å²) < 4.78 is 26.0. The van der Waals surface area contributed by atoms with Gasteiger partial charge in [-0.25, -0.2) is 0 Å². The standard InChI is InChI=1S/C74H77B2NO4/c1-13-15-43-74(44-16-14-2)63-28-22-21-23-55(63)58-41-30-49(46-66(58)74)68-61-26-19-17-24-59(61)67(60-25-18-20-27-62(60)68)48-29-40-56-57-42-39-54(47-65(57)69(3,4)64(56)45-48)77(52-35-31-50(32-36-52)75-78-70(5,6)71(7,8)79-75)53-37-33-51(34-38-53)76-80-72(9,10)73(11,12)81-76/h17-42,45-47H,13-16,43-44H2,1-12H3. The Morgan fingerprint density at radius 2 is 0.716 bits per heavy atom. The van der Waals surface area contributed by atoms with E-state index in [1.807, 2.05) is 0 Å². The molecule has 2 heterocycles. The molecule has 0 saturated carbocycles. The molecule has 2 saturated heterocycles. The lowest BCUT2D eigenvalue weighted by molar-refractivity contribution is 0.00578. The third-order valence-corrected chi connectivity index (χ3v) is 20.0. The van der Waals surface area contributed by atoms with Gasteiger partial charge < -0.3 is 23.5 Å². The van der Waals surface area contributed by atoms with Crippen molar-refractivity contribution < 1.29 is 18.6 Å². The van der Waals surface area contributed by atoms with Crippen LogP contribution in [-0.4, -0.2) is 36.6 Å². The van der Waals surface area contributed by atoms with Crippen LogP contribution in [0.5, 0.6) is 0 Å². The van der Waals surface area contributed by atoms with Gasteiger partial charge in [0.25, 0.3) is 0 Å². The first-order valence-corrected chi connectivity index (χ1v) is 30.0. The minimum Gasteiger partial charge on any atom is -0.399 e. The van der Waals surface area contributed by atoms with Crippen molar-refractivity contribution in [2.75, 3.05) is 4.90 Å². The van der Waals surface area contributed by atoms with E-state index < -0.39 is 36.6 Å². The lowest BCUT2D eigenvalue weighted by Gasteiger charge is -2.33. The van der Waals surface area contributed by atoms with E-state index in [1.54, 1.807) is 0 Å². The smallest absolute Gasteiger partial charge is 0.399 e. The third-order valence-electron chi connectivity index (χ3n) is 20.0. The second-order valence-electron chi connectivity index (χ2n) is 26.2. The lowest BCUT2D eigenvalue weighted by atomic mass is 9.70. The Balaban J connectivity index is 0.894. The van der Waals surface area contributed by atoms with E-state index in [-0.39, 0.29) is 10.8 Å². The van der Waals surface area contributed by atoms with Crippen molar-refractivity contribution in [3.63, 3.8) is 0 Å². The molecule has 9 aromatic rings. The largest absolute Gasteiger partial charge is 0.494 e. The molecule has 2 aliphatic carbocycles. The summed E-state index contributed by atoms with van der Waals surface area (Å²) >= 11 is 0. The zero-order valence-corrected chi connectivity index (χ0v) is 49.7. The van der Waals surface area contributed by atoms with Crippen LogP contribution in [0, 0.1) is 0 Å². The summed E-state index contributed by atoms with van der Waals surface area (Å²) in [5, 5.41) is 5.13. The maximum Gasteiger partial charge on any atom is 0.494 e. The number of anilines is 3. The first-order valence-electron chi connectivity index (χ1n) is 30.0. The maximum absolute atomic E-state index is 6.51. The molecular formula is C74H77B2NO4. The molecule has 0 unspecified atom stereocenters. The van der Waals surface area contributed by atoms with E-state index in [4.69, 9.17) is 18.6 Å². The summed E-state index contributed by atoms with van der Waals surface area (Å²) in [6.07, 6.45) is 7.15. The van der Waals surface area contributed by atoms with Gasteiger partial charge >= 0.3 is 14.2 Å². The minimum absolute atomic E-state index is 0.0104. The molecule has 0 bridgehead atoms. The van der Waals surface area contributed by atoms with Crippen molar-refractivity contribution in [1.29, 1.82) is 0 Å². The van der Waals surface area contributed by atoms with E-state index in [0.29, 0.717) is 0 Å². The van der Waals surface area contributed by atoms with Gasteiger partial charge in [0.1, 0.15) is 0 Å². The van der Waals surface area contributed by atoms with Crippen molar-refractivity contribution in [3.8, 4) is 44.5 Å². The van der Waals surface area contributed by atoms with E-state index >= 15 is 0 Å². The summed E-state index contributed by atoms with van der Waals surface area (Å²) in [5.74, 6) is 0. The molecule has 0 atom stereocenters. The fraction of sp³-hybridized carbons (Fsp3) is 0.324. The Kier molecular flexibility index (Phi) is 12.9. The number of hydrogen-bond acceptors (Lipinski definition) is 5. The average molecular weight is 1070 g/mol. The van der Waals surface area contributed by atoms with Gasteiger partial charge in [0, 0.05) is 27.9 Å². The van der Waals surface area contributed by atoms with E-state index in [0.717, 1.165) is 28.0 Å². The summed E-state index contributed by atoms with van der Waals surface area (Å²) in [5.41, 5.74) is 19.3. The topological polar surface area (TPSA) is 40.2 Å². The van der Waals surface area contributed by atoms with Gasteiger partial charge in [-0.05, 0) is 216 Å². The van der Waals surface area contributed by atoms with E-state index in [2.05, 4.69) is 264 Å². The highest BCUT2D eigenvalue weighted by molar-refractivity contribution is 6.62. The first-order chi connectivity index (χ1) is 38.8. The highest BCUT2D eigenvalue weighted by atomic mass is 16.7. The SMILES string of the molecule is CCCCC1(CCCC)c2ccccc2-c2ccc(-c3c4ccccc4c(-c4ccc5c(c4)C(C)(C)c4cc(N(c6ccc(B7OC(C)(C)C(C)(C)O7)cc6)c6ccc(B7OC(C)(C)C(C)(C)O7)cc6)ccc4-5)c4ccccc34)cc21. The van der Waals surface area contributed by atoms with Gasteiger partial charge in [0.15, 0.2) is 0 Å². The highest BCUT2D eigenvalue weighted by Gasteiger charge is 2.53. The Morgan fingerprint density at radius 3 is 1.16 bits per heavy atom. The molecule has 0 radical (unpaired) electrons. The quantitative estimate of drug-likeness (QED) is 0.0850. The van der Waals surface area contributed by atoms with Crippen LogP contribution in [0.3, 0.4) is 0 Å². The fourth-order valence-electron chi connectivity index (χ4n) is 14.0. The molecule has 4 aliphatic rings. The lowest BCUT2D eigenvalue weighted by Crippen LogP contribution is -2.41.